The normalized spacial score (nSPS) is 15.3. The maximum absolute atomic E-state index is 13.4. The predicted octanol–water partition coefficient (Wildman–Crippen LogP) is 1.86. The van der Waals surface area contributed by atoms with Crippen molar-refractivity contribution in [3.05, 3.63) is 31.6 Å². The number of carboxylic acids is 1. The van der Waals surface area contributed by atoms with Crippen LogP contribution in [0.15, 0.2) is 12.1 Å². The molecule has 1 heterocycles. The first-order chi connectivity index (χ1) is 8.40. The molecule has 6 nitrogen and oxygen atoms in total. The average molecular weight is 366 g/mol. The van der Waals surface area contributed by atoms with E-state index < -0.39 is 22.6 Å². The van der Waals surface area contributed by atoms with Crippen molar-refractivity contribution in [1.82, 2.24) is 0 Å². The summed E-state index contributed by atoms with van der Waals surface area (Å²) in [6.45, 7) is 0.326. The lowest BCUT2D eigenvalue weighted by molar-refractivity contribution is -0.384. The number of carboxylic acid groups (broad SMARTS) is 1. The topological polar surface area (TPSA) is 83.7 Å². The molecule has 0 atom stereocenters. The summed E-state index contributed by atoms with van der Waals surface area (Å²) in [6.07, 6.45) is 0. The van der Waals surface area contributed by atoms with Gasteiger partial charge in [-0.2, -0.15) is 0 Å². The third-order valence-corrected chi connectivity index (χ3v) is 3.61. The standard InChI is InChI=1S/C10H8FIN2O4/c11-6-1-8(9(14(17)18)2-7(6)12)13-3-5(4-13)10(15)16/h1-2,5H,3-4H2,(H,15,16). The fraction of sp³-hybridized carbons (Fsp3) is 0.300. The van der Waals surface area contributed by atoms with Gasteiger partial charge in [0.15, 0.2) is 0 Å². The second kappa shape index (κ2) is 4.67. The lowest BCUT2D eigenvalue weighted by Gasteiger charge is -2.38. The van der Waals surface area contributed by atoms with E-state index in [-0.39, 0.29) is 28.0 Å². The van der Waals surface area contributed by atoms with Crippen molar-refractivity contribution in [3.8, 4) is 0 Å². The van der Waals surface area contributed by atoms with Crippen LogP contribution in [-0.2, 0) is 4.79 Å². The number of benzene rings is 1. The number of rotatable bonds is 3. The van der Waals surface area contributed by atoms with Crippen LogP contribution < -0.4 is 4.90 Å². The molecule has 1 aromatic rings. The Balaban J connectivity index is 2.31. The molecule has 0 amide bonds. The van der Waals surface area contributed by atoms with E-state index >= 15 is 0 Å². The van der Waals surface area contributed by atoms with E-state index in [1.54, 1.807) is 22.6 Å². The van der Waals surface area contributed by atoms with Crippen molar-refractivity contribution >= 4 is 39.9 Å². The number of anilines is 1. The summed E-state index contributed by atoms with van der Waals surface area (Å²) in [4.78, 5) is 22.4. The van der Waals surface area contributed by atoms with Crippen LogP contribution in [0.1, 0.15) is 0 Å². The number of aliphatic carboxylic acids is 1. The van der Waals surface area contributed by atoms with Gasteiger partial charge >= 0.3 is 5.97 Å². The van der Waals surface area contributed by atoms with Crippen LogP contribution in [0.2, 0.25) is 0 Å². The van der Waals surface area contributed by atoms with Crippen LogP contribution in [0.25, 0.3) is 0 Å². The summed E-state index contributed by atoms with van der Waals surface area (Å²) in [5.41, 5.74) is -0.0694. The fourth-order valence-electron chi connectivity index (χ4n) is 1.76. The highest BCUT2D eigenvalue weighted by Gasteiger charge is 2.36. The van der Waals surface area contributed by atoms with Gasteiger partial charge in [0.1, 0.15) is 11.5 Å². The second-order valence-electron chi connectivity index (χ2n) is 3.95. The van der Waals surface area contributed by atoms with E-state index in [2.05, 4.69) is 0 Å². The van der Waals surface area contributed by atoms with Gasteiger partial charge in [-0.3, -0.25) is 14.9 Å². The SMILES string of the molecule is O=C(O)C1CN(c2cc(F)c(I)cc2[N+](=O)[O-])C1. The van der Waals surface area contributed by atoms with E-state index in [1.807, 2.05) is 0 Å². The van der Waals surface area contributed by atoms with Crippen LogP contribution in [0.4, 0.5) is 15.8 Å². The molecule has 0 bridgehead atoms. The van der Waals surface area contributed by atoms with Crippen LogP contribution >= 0.6 is 22.6 Å². The second-order valence-corrected chi connectivity index (χ2v) is 5.11. The van der Waals surface area contributed by atoms with Crippen LogP contribution in [0, 0.1) is 25.4 Å². The van der Waals surface area contributed by atoms with Gasteiger partial charge < -0.3 is 10.0 Å². The molecule has 18 heavy (non-hydrogen) atoms. The molecular weight excluding hydrogens is 358 g/mol. The fourth-order valence-corrected chi connectivity index (χ4v) is 2.21. The van der Waals surface area contributed by atoms with E-state index in [9.17, 15) is 19.3 Å². The zero-order chi connectivity index (χ0) is 13.4. The monoisotopic (exact) mass is 366 g/mol. The molecule has 0 unspecified atom stereocenters. The molecule has 0 aliphatic carbocycles. The molecule has 1 aromatic carbocycles. The van der Waals surface area contributed by atoms with Crippen molar-refractivity contribution in [2.45, 2.75) is 0 Å². The molecule has 1 saturated heterocycles. The molecular formula is C10H8FIN2O4. The van der Waals surface area contributed by atoms with E-state index in [0.29, 0.717) is 0 Å². The average Bonchev–Trinajstić information content (AvgIpc) is 2.19. The summed E-state index contributed by atoms with van der Waals surface area (Å²) in [5.74, 6) is -2.04. The Morgan fingerprint density at radius 3 is 2.67 bits per heavy atom. The van der Waals surface area contributed by atoms with Crippen molar-refractivity contribution in [2.24, 2.45) is 5.92 Å². The number of nitro benzene ring substituents is 1. The molecule has 2 rings (SSSR count). The maximum atomic E-state index is 13.4. The largest absolute Gasteiger partial charge is 0.481 e. The van der Waals surface area contributed by atoms with E-state index in [1.165, 1.54) is 4.90 Å². The Hall–Kier alpha value is -1.45. The highest BCUT2D eigenvalue weighted by molar-refractivity contribution is 14.1. The number of halogens is 2. The van der Waals surface area contributed by atoms with Gasteiger partial charge in [-0.05, 0) is 22.6 Å². The summed E-state index contributed by atoms with van der Waals surface area (Å²) < 4.78 is 13.6. The Labute approximate surface area is 115 Å². The minimum Gasteiger partial charge on any atom is -0.481 e. The number of carbonyl (C=O) groups is 1. The first-order valence-electron chi connectivity index (χ1n) is 5.01. The molecule has 0 radical (unpaired) electrons. The minimum absolute atomic E-state index is 0.135. The van der Waals surface area contributed by atoms with E-state index in [4.69, 9.17) is 5.11 Å². The highest BCUT2D eigenvalue weighted by atomic mass is 127. The Bertz CT molecular complexity index is 531. The van der Waals surface area contributed by atoms with Crippen molar-refractivity contribution in [2.75, 3.05) is 18.0 Å². The first kappa shape index (κ1) is 13.0. The molecule has 1 fully saturated rings. The molecule has 0 aromatic heterocycles. The summed E-state index contributed by atoms with van der Waals surface area (Å²) in [7, 11) is 0. The number of hydrogen-bond donors (Lipinski definition) is 1. The predicted molar refractivity (Wildman–Crippen MR) is 69.1 cm³/mol. The summed E-state index contributed by atoms with van der Waals surface area (Å²) in [5, 5.41) is 19.6. The molecule has 1 aliphatic heterocycles. The van der Waals surface area contributed by atoms with Gasteiger partial charge in [0.25, 0.3) is 5.69 Å². The maximum Gasteiger partial charge on any atom is 0.310 e. The van der Waals surface area contributed by atoms with Crippen molar-refractivity contribution < 1.29 is 19.2 Å². The molecule has 8 heteroatoms. The number of nitrogens with zero attached hydrogens (tertiary/aromatic N) is 2. The van der Waals surface area contributed by atoms with Crippen LogP contribution in [0.3, 0.4) is 0 Å². The molecule has 0 spiro atoms. The summed E-state index contributed by atoms with van der Waals surface area (Å²) in [6, 6.07) is 2.23. The summed E-state index contributed by atoms with van der Waals surface area (Å²) >= 11 is 1.68. The van der Waals surface area contributed by atoms with Crippen molar-refractivity contribution in [1.29, 1.82) is 0 Å². The zero-order valence-corrected chi connectivity index (χ0v) is 11.1. The third kappa shape index (κ3) is 2.24. The number of hydrogen-bond acceptors (Lipinski definition) is 4. The Kier molecular flexibility index (Phi) is 3.37. The van der Waals surface area contributed by atoms with Gasteiger partial charge in [0.2, 0.25) is 0 Å². The minimum atomic E-state index is -0.945. The quantitative estimate of drug-likeness (QED) is 0.502. The lowest BCUT2D eigenvalue weighted by atomic mass is 9.99. The molecule has 1 N–H and O–H groups in total. The lowest BCUT2D eigenvalue weighted by Crippen LogP contribution is -2.50. The van der Waals surface area contributed by atoms with Crippen molar-refractivity contribution in [3.63, 3.8) is 0 Å². The van der Waals surface area contributed by atoms with Gasteiger partial charge in [0, 0.05) is 25.2 Å². The zero-order valence-electron chi connectivity index (χ0n) is 8.97. The van der Waals surface area contributed by atoms with Crippen LogP contribution in [-0.4, -0.2) is 29.1 Å². The first-order valence-corrected chi connectivity index (χ1v) is 6.09. The molecule has 0 saturated carbocycles. The van der Waals surface area contributed by atoms with E-state index in [0.717, 1.165) is 12.1 Å². The van der Waals surface area contributed by atoms with Gasteiger partial charge in [0.05, 0.1) is 14.4 Å². The van der Waals surface area contributed by atoms with Gasteiger partial charge in [-0.1, -0.05) is 0 Å². The Morgan fingerprint density at radius 2 is 2.17 bits per heavy atom. The number of nitro groups is 1. The molecule has 1 aliphatic rings. The third-order valence-electron chi connectivity index (χ3n) is 2.79. The van der Waals surface area contributed by atoms with Gasteiger partial charge in [-0.25, -0.2) is 4.39 Å². The molecule has 96 valence electrons. The Morgan fingerprint density at radius 1 is 1.56 bits per heavy atom. The van der Waals surface area contributed by atoms with Gasteiger partial charge in [-0.15, -0.1) is 0 Å². The van der Waals surface area contributed by atoms with Crippen LogP contribution in [0.5, 0.6) is 0 Å². The highest BCUT2D eigenvalue weighted by Crippen LogP contribution is 2.35. The smallest absolute Gasteiger partial charge is 0.310 e.